The van der Waals surface area contributed by atoms with E-state index in [9.17, 15) is 4.79 Å². The Labute approximate surface area is 169 Å². The molecule has 1 aromatic rings. The zero-order valence-corrected chi connectivity index (χ0v) is 17.8. The van der Waals surface area contributed by atoms with Gasteiger partial charge in [0.25, 0.3) is 0 Å². The molecule has 3 aliphatic rings. The van der Waals surface area contributed by atoms with Crippen LogP contribution in [0.2, 0.25) is 0 Å². The Morgan fingerprint density at radius 2 is 1.93 bits per heavy atom. The van der Waals surface area contributed by atoms with Crippen molar-refractivity contribution in [3.63, 3.8) is 0 Å². The summed E-state index contributed by atoms with van der Waals surface area (Å²) in [5.41, 5.74) is 5.05. The predicted molar refractivity (Wildman–Crippen MR) is 111 cm³/mol. The first-order valence-electron chi connectivity index (χ1n) is 10.7. The number of nitrogens with zero attached hydrogens (tertiary/aromatic N) is 2. The number of carbonyl (C=O) groups excluding carboxylic acids is 1. The number of methoxy groups -OCH3 is 1. The molecule has 154 valence electrons. The van der Waals surface area contributed by atoms with Crippen LogP contribution in [0.25, 0.3) is 0 Å². The third-order valence-corrected chi connectivity index (χ3v) is 6.14. The van der Waals surface area contributed by atoms with Crippen molar-refractivity contribution in [1.82, 2.24) is 4.90 Å². The zero-order valence-electron chi connectivity index (χ0n) is 17.8. The third kappa shape index (κ3) is 4.14. The Morgan fingerprint density at radius 3 is 2.61 bits per heavy atom. The highest BCUT2D eigenvalue weighted by atomic mass is 16.6. The van der Waals surface area contributed by atoms with E-state index >= 15 is 0 Å². The normalized spacial score (nSPS) is 21.9. The summed E-state index contributed by atoms with van der Waals surface area (Å²) < 4.78 is 11.0. The first-order chi connectivity index (χ1) is 13.4. The van der Waals surface area contributed by atoms with Gasteiger partial charge in [-0.3, -0.25) is 0 Å². The fraction of sp³-hybridized carbons (Fsp3) is 0.696. The molecule has 2 heterocycles. The minimum absolute atomic E-state index is 0.206. The maximum atomic E-state index is 12.8. The fourth-order valence-electron chi connectivity index (χ4n) is 4.72. The third-order valence-electron chi connectivity index (χ3n) is 6.14. The Hall–Kier alpha value is -1.75. The first kappa shape index (κ1) is 19.6. The topological polar surface area (TPSA) is 42.0 Å². The lowest BCUT2D eigenvalue weighted by Gasteiger charge is -2.36. The molecule has 0 saturated heterocycles. The van der Waals surface area contributed by atoms with Crippen LogP contribution in [0.1, 0.15) is 62.6 Å². The van der Waals surface area contributed by atoms with Crippen molar-refractivity contribution < 1.29 is 14.3 Å². The van der Waals surface area contributed by atoms with Crippen LogP contribution in [0.15, 0.2) is 12.1 Å². The molecule has 1 aromatic carbocycles. The van der Waals surface area contributed by atoms with Gasteiger partial charge in [-0.1, -0.05) is 12.1 Å². The van der Waals surface area contributed by atoms with Gasteiger partial charge in [0, 0.05) is 32.4 Å². The second-order valence-electron chi connectivity index (χ2n) is 9.56. The number of carbonyl (C=O) groups is 1. The minimum Gasteiger partial charge on any atom is -0.444 e. The molecule has 0 aromatic heterocycles. The van der Waals surface area contributed by atoms with E-state index in [4.69, 9.17) is 9.47 Å². The lowest BCUT2D eigenvalue weighted by Crippen LogP contribution is -2.40. The second kappa shape index (κ2) is 7.58. The van der Waals surface area contributed by atoms with Gasteiger partial charge < -0.3 is 19.3 Å². The lowest BCUT2D eigenvalue weighted by atomic mass is 9.83. The van der Waals surface area contributed by atoms with E-state index in [2.05, 4.69) is 17.0 Å². The van der Waals surface area contributed by atoms with E-state index in [1.54, 1.807) is 7.11 Å². The Balaban J connectivity index is 1.68. The summed E-state index contributed by atoms with van der Waals surface area (Å²) in [6.07, 6.45) is 4.68. The van der Waals surface area contributed by atoms with Gasteiger partial charge in [0.1, 0.15) is 5.60 Å². The Bertz CT molecular complexity index is 736. The van der Waals surface area contributed by atoms with E-state index in [1.807, 2.05) is 25.7 Å². The van der Waals surface area contributed by atoms with Crippen molar-refractivity contribution in [3.8, 4) is 0 Å². The van der Waals surface area contributed by atoms with E-state index in [0.717, 1.165) is 32.0 Å². The highest BCUT2D eigenvalue weighted by molar-refractivity contribution is 5.71. The fourth-order valence-corrected chi connectivity index (χ4v) is 4.72. The number of rotatable bonds is 4. The van der Waals surface area contributed by atoms with Gasteiger partial charge >= 0.3 is 6.09 Å². The molecule has 1 saturated carbocycles. The van der Waals surface area contributed by atoms with Crippen molar-refractivity contribution in [1.29, 1.82) is 0 Å². The standard InChI is InChI=1S/C23H34N2O3/c1-23(2,3)28-22(26)25-11-10-24-9-7-19(17-5-6-17)20-14-16(8-12-27-4)13-18(15-25)21(20)24/h13-14,17,19H,5-12,15H2,1-4H3. The molecule has 0 spiro atoms. The molecule has 0 N–H and O–H groups in total. The molecule has 2 aliphatic heterocycles. The Morgan fingerprint density at radius 1 is 1.14 bits per heavy atom. The van der Waals surface area contributed by atoms with Crippen LogP contribution in [0.3, 0.4) is 0 Å². The summed E-state index contributed by atoms with van der Waals surface area (Å²) in [5.74, 6) is 1.54. The van der Waals surface area contributed by atoms with Gasteiger partial charge in [0.15, 0.2) is 0 Å². The number of ether oxygens (including phenoxy) is 2. The molecule has 5 nitrogen and oxygen atoms in total. The SMILES string of the molecule is COCCc1cc2c3c(c1)C(C1CC1)CCN3CCN(C(=O)OC(C)(C)C)C2. The summed E-state index contributed by atoms with van der Waals surface area (Å²) in [5, 5.41) is 0. The van der Waals surface area contributed by atoms with Crippen LogP contribution in [-0.2, 0) is 22.4 Å². The predicted octanol–water partition coefficient (Wildman–Crippen LogP) is 4.33. The molecule has 1 unspecified atom stereocenters. The number of benzene rings is 1. The highest BCUT2D eigenvalue weighted by Gasteiger charge is 2.39. The molecule has 1 atom stereocenters. The molecule has 0 radical (unpaired) electrons. The molecule has 1 fully saturated rings. The Kier molecular flexibility index (Phi) is 5.30. The van der Waals surface area contributed by atoms with Crippen molar-refractivity contribution in [2.75, 3.05) is 38.3 Å². The van der Waals surface area contributed by atoms with Gasteiger partial charge in [-0.25, -0.2) is 4.79 Å². The lowest BCUT2D eigenvalue weighted by molar-refractivity contribution is 0.0243. The largest absolute Gasteiger partial charge is 0.444 e. The van der Waals surface area contributed by atoms with Crippen molar-refractivity contribution in [2.24, 2.45) is 5.92 Å². The van der Waals surface area contributed by atoms with Crippen LogP contribution in [-0.4, -0.2) is 49.9 Å². The molecule has 4 rings (SSSR count). The van der Waals surface area contributed by atoms with Crippen LogP contribution in [0.4, 0.5) is 10.5 Å². The molecule has 5 heteroatoms. The number of amides is 1. The molecule has 1 aliphatic carbocycles. The van der Waals surface area contributed by atoms with Gasteiger partial charge in [0.05, 0.1) is 13.2 Å². The molecular formula is C23H34N2O3. The van der Waals surface area contributed by atoms with Gasteiger partial charge in [-0.2, -0.15) is 0 Å². The quantitative estimate of drug-likeness (QED) is 0.772. The minimum atomic E-state index is -0.470. The maximum absolute atomic E-state index is 12.8. The second-order valence-corrected chi connectivity index (χ2v) is 9.56. The van der Waals surface area contributed by atoms with Crippen molar-refractivity contribution in [3.05, 3.63) is 28.8 Å². The van der Waals surface area contributed by atoms with Gasteiger partial charge in [0.2, 0.25) is 0 Å². The zero-order chi connectivity index (χ0) is 19.9. The monoisotopic (exact) mass is 386 g/mol. The van der Waals surface area contributed by atoms with Gasteiger partial charge in [-0.15, -0.1) is 0 Å². The van der Waals surface area contributed by atoms with Crippen LogP contribution in [0.5, 0.6) is 0 Å². The van der Waals surface area contributed by atoms with Crippen LogP contribution in [0, 0.1) is 5.92 Å². The number of hydrogen-bond acceptors (Lipinski definition) is 4. The number of anilines is 1. The van der Waals surface area contributed by atoms with Crippen molar-refractivity contribution >= 4 is 11.8 Å². The molecule has 0 bridgehead atoms. The van der Waals surface area contributed by atoms with E-state index in [-0.39, 0.29) is 6.09 Å². The maximum Gasteiger partial charge on any atom is 0.410 e. The van der Waals surface area contributed by atoms with Gasteiger partial charge in [-0.05, 0) is 75.0 Å². The summed E-state index contributed by atoms with van der Waals surface area (Å²) in [4.78, 5) is 17.2. The average Bonchev–Trinajstić information content (AvgIpc) is 3.46. The summed E-state index contributed by atoms with van der Waals surface area (Å²) in [6, 6.07) is 4.72. The smallest absolute Gasteiger partial charge is 0.410 e. The van der Waals surface area contributed by atoms with Crippen molar-refractivity contribution in [2.45, 2.75) is 64.5 Å². The van der Waals surface area contributed by atoms with Crippen LogP contribution < -0.4 is 4.90 Å². The molecule has 1 amide bonds. The van der Waals surface area contributed by atoms with E-state index in [1.165, 1.54) is 41.6 Å². The summed E-state index contributed by atoms with van der Waals surface area (Å²) in [7, 11) is 1.76. The summed E-state index contributed by atoms with van der Waals surface area (Å²) in [6.45, 7) is 9.84. The van der Waals surface area contributed by atoms with Crippen LogP contribution >= 0.6 is 0 Å². The first-order valence-corrected chi connectivity index (χ1v) is 10.7. The van der Waals surface area contributed by atoms with E-state index in [0.29, 0.717) is 19.0 Å². The highest BCUT2D eigenvalue weighted by Crippen LogP contribution is 2.51. The van der Waals surface area contributed by atoms with E-state index < -0.39 is 5.60 Å². The summed E-state index contributed by atoms with van der Waals surface area (Å²) >= 11 is 0. The molecule has 28 heavy (non-hydrogen) atoms. The average molecular weight is 387 g/mol. The number of hydrogen-bond donors (Lipinski definition) is 0. The molecular weight excluding hydrogens is 352 g/mol.